The molecule has 2 atom stereocenters. The smallest absolute Gasteiger partial charge is 0.267 e. The summed E-state index contributed by atoms with van der Waals surface area (Å²) in [5.41, 5.74) is 4.15. The lowest BCUT2D eigenvalue weighted by Crippen LogP contribution is -2.23. The van der Waals surface area contributed by atoms with Gasteiger partial charge in [-0.05, 0) is 36.0 Å². The van der Waals surface area contributed by atoms with Crippen LogP contribution < -0.4 is 11.0 Å². The summed E-state index contributed by atoms with van der Waals surface area (Å²) in [4.78, 5) is 34.3. The van der Waals surface area contributed by atoms with Gasteiger partial charge in [-0.15, -0.1) is 0 Å². The standard InChI is InChI=1S/C25H30N6O4.C3H8/c1-16-13-30(14-18-4-2-17(3-5-18)6-7-22(32)29-34)15-21(16)23-27-24-20(25(33)28-23)12-26-31(24)19-8-10-35-11-9-19;1-3-2/h2-7,12,16,19,21,34H,8-11,13-15H2,1H3,(H,29,32)(H,27,28,33);3H2,1-2H3/b7-6+;/t16-,21-;/m1./s1. The van der Waals surface area contributed by atoms with Gasteiger partial charge in [-0.3, -0.25) is 19.7 Å². The number of hydroxylamine groups is 1. The summed E-state index contributed by atoms with van der Waals surface area (Å²) in [6.07, 6.45) is 7.54. The minimum Gasteiger partial charge on any atom is -0.381 e. The van der Waals surface area contributed by atoms with Crippen LogP contribution in [0.5, 0.6) is 0 Å². The third kappa shape index (κ3) is 6.56. The molecule has 0 aliphatic carbocycles. The number of hydrogen-bond acceptors (Lipinski definition) is 7. The van der Waals surface area contributed by atoms with Crippen molar-refractivity contribution < 1.29 is 14.7 Å². The third-order valence-corrected chi connectivity index (χ3v) is 6.98. The Morgan fingerprint density at radius 2 is 1.92 bits per heavy atom. The lowest BCUT2D eigenvalue weighted by atomic mass is 9.97. The van der Waals surface area contributed by atoms with Gasteiger partial charge in [0.15, 0.2) is 5.65 Å². The Labute approximate surface area is 222 Å². The van der Waals surface area contributed by atoms with Crippen LogP contribution in [-0.2, 0) is 16.1 Å². The first-order valence-electron chi connectivity index (χ1n) is 13.4. The maximum Gasteiger partial charge on any atom is 0.267 e. The zero-order valence-corrected chi connectivity index (χ0v) is 22.4. The Morgan fingerprint density at radius 3 is 2.61 bits per heavy atom. The van der Waals surface area contributed by atoms with Crippen LogP contribution in [0.3, 0.4) is 0 Å². The third-order valence-electron chi connectivity index (χ3n) is 6.98. The Bertz CT molecular complexity index is 1290. The van der Waals surface area contributed by atoms with Crippen molar-refractivity contribution in [1.82, 2.24) is 30.1 Å². The number of aromatic amines is 1. The molecule has 3 N–H and O–H groups in total. The molecule has 1 aromatic carbocycles. The predicted octanol–water partition coefficient (Wildman–Crippen LogP) is 3.64. The fraction of sp³-hybridized carbons (Fsp3) is 0.500. The van der Waals surface area contributed by atoms with E-state index in [9.17, 15) is 9.59 Å². The average Bonchev–Trinajstić information content (AvgIpc) is 3.52. The molecule has 0 radical (unpaired) electrons. The predicted molar refractivity (Wildman–Crippen MR) is 146 cm³/mol. The maximum atomic E-state index is 12.8. The van der Waals surface area contributed by atoms with Crippen molar-refractivity contribution in [2.75, 3.05) is 26.3 Å². The van der Waals surface area contributed by atoms with Gasteiger partial charge >= 0.3 is 0 Å². The molecule has 2 fully saturated rings. The molecule has 0 unspecified atom stereocenters. The zero-order valence-electron chi connectivity index (χ0n) is 22.4. The van der Waals surface area contributed by atoms with E-state index in [0.717, 1.165) is 49.4 Å². The first-order valence-corrected chi connectivity index (χ1v) is 13.4. The molecule has 2 aromatic heterocycles. The fourth-order valence-electron chi connectivity index (χ4n) is 5.08. The molecule has 2 saturated heterocycles. The van der Waals surface area contributed by atoms with Crippen molar-refractivity contribution in [1.29, 1.82) is 0 Å². The molecule has 204 valence electrons. The Kier molecular flexibility index (Phi) is 9.43. The largest absolute Gasteiger partial charge is 0.381 e. The molecule has 3 aromatic rings. The molecule has 0 spiro atoms. The van der Waals surface area contributed by atoms with E-state index >= 15 is 0 Å². The number of fused-ring (bicyclic) bond motifs is 1. The summed E-state index contributed by atoms with van der Waals surface area (Å²) >= 11 is 0. The van der Waals surface area contributed by atoms with Crippen LogP contribution in [0.4, 0.5) is 0 Å². The SMILES string of the molecule is CCC.C[C@@H]1CN(Cc2ccc(/C=C/C(=O)NO)cc2)C[C@H]1c1nc2c(cnn2C2CCOCC2)c(=O)[nH]1. The van der Waals surface area contributed by atoms with Gasteiger partial charge in [0.1, 0.15) is 11.2 Å². The van der Waals surface area contributed by atoms with Crippen molar-refractivity contribution in [2.24, 2.45) is 5.92 Å². The number of benzene rings is 1. The summed E-state index contributed by atoms with van der Waals surface area (Å²) in [6.45, 7) is 10.3. The Hall–Kier alpha value is -3.34. The monoisotopic (exact) mass is 522 g/mol. The van der Waals surface area contributed by atoms with Crippen LogP contribution >= 0.6 is 0 Å². The number of nitrogens with one attached hydrogen (secondary N) is 2. The van der Waals surface area contributed by atoms with Crippen LogP contribution in [0, 0.1) is 5.92 Å². The number of rotatable bonds is 6. The van der Waals surface area contributed by atoms with Gasteiger partial charge in [0.05, 0.1) is 12.2 Å². The number of amides is 1. The van der Waals surface area contributed by atoms with E-state index in [2.05, 4.69) is 35.8 Å². The topological polar surface area (TPSA) is 125 Å². The fourth-order valence-corrected chi connectivity index (χ4v) is 5.08. The minimum atomic E-state index is -0.563. The van der Waals surface area contributed by atoms with Crippen molar-refractivity contribution in [3.8, 4) is 0 Å². The van der Waals surface area contributed by atoms with E-state index in [0.29, 0.717) is 30.2 Å². The average molecular weight is 523 g/mol. The summed E-state index contributed by atoms with van der Waals surface area (Å²) in [5.74, 6) is 0.638. The minimum absolute atomic E-state index is 0.129. The van der Waals surface area contributed by atoms with Crippen LogP contribution in [-0.4, -0.2) is 62.1 Å². The van der Waals surface area contributed by atoms with Gasteiger partial charge in [0.2, 0.25) is 0 Å². The second-order valence-electron chi connectivity index (χ2n) is 10.2. The molecular formula is C28H38N6O4. The second kappa shape index (κ2) is 12.9. The van der Waals surface area contributed by atoms with Crippen molar-refractivity contribution in [3.63, 3.8) is 0 Å². The highest BCUT2D eigenvalue weighted by molar-refractivity contribution is 5.90. The summed E-state index contributed by atoms with van der Waals surface area (Å²) in [6, 6.07) is 8.16. The molecule has 10 nitrogen and oxygen atoms in total. The number of hydrogen-bond donors (Lipinski definition) is 3. The van der Waals surface area contributed by atoms with E-state index in [-0.39, 0.29) is 17.5 Å². The van der Waals surface area contributed by atoms with Crippen molar-refractivity contribution in [3.05, 3.63) is 63.8 Å². The van der Waals surface area contributed by atoms with Gasteiger partial charge in [-0.25, -0.2) is 15.1 Å². The van der Waals surface area contributed by atoms with Crippen LogP contribution in [0.25, 0.3) is 17.1 Å². The van der Waals surface area contributed by atoms with Crippen LogP contribution in [0.2, 0.25) is 0 Å². The molecule has 0 saturated carbocycles. The molecule has 2 aliphatic heterocycles. The lowest BCUT2D eigenvalue weighted by molar-refractivity contribution is -0.124. The summed E-state index contributed by atoms with van der Waals surface area (Å²) in [5, 5.41) is 13.6. The number of carbonyl (C=O) groups excluding carboxylic acids is 1. The Morgan fingerprint density at radius 1 is 1.21 bits per heavy atom. The van der Waals surface area contributed by atoms with Gasteiger partial charge < -0.3 is 9.72 Å². The van der Waals surface area contributed by atoms with E-state index in [4.69, 9.17) is 14.9 Å². The highest BCUT2D eigenvalue weighted by Crippen LogP contribution is 2.32. The quantitative estimate of drug-likeness (QED) is 0.256. The number of likely N-dealkylation sites (tertiary alicyclic amines) is 1. The first-order chi connectivity index (χ1) is 18.4. The Balaban J connectivity index is 0.00000107. The first kappa shape index (κ1) is 27.7. The highest BCUT2D eigenvalue weighted by atomic mass is 16.5. The van der Waals surface area contributed by atoms with Crippen LogP contribution in [0.15, 0.2) is 41.3 Å². The van der Waals surface area contributed by atoms with E-state index in [1.165, 1.54) is 12.5 Å². The molecule has 1 amide bonds. The van der Waals surface area contributed by atoms with Gasteiger partial charge in [-0.2, -0.15) is 5.10 Å². The number of nitrogens with zero attached hydrogens (tertiary/aromatic N) is 4. The second-order valence-corrected chi connectivity index (χ2v) is 10.2. The zero-order chi connectivity index (χ0) is 27.1. The number of H-pyrrole nitrogens is 1. The molecule has 2 aliphatic rings. The summed E-state index contributed by atoms with van der Waals surface area (Å²) in [7, 11) is 0. The van der Waals surface area contributed by atoms with E-state index in [1.807, 2.05) is 28.9 Å². The molecule has 0 bridgehead atoms. The van der Waals surface area contributed by atoms with Gasteiger partial charge in [0, 0.05) is 44.8 Å². The van der Waals surface area contributed by atoms with Gasteiger partial charge in [-0.1, -0.05) is 51.5 Å². The van der Waals surface area contributed by atoms with Gasteiger partial charge in [0.25, 0.3) is 11.5 Å². The molecule has 38 heavy (non-hydrogen) atoms. The molecule has 5 rings (SSSR count). The van der Waals surface area contributed by atoms with Crippen molar-refractivity contribution in [2.45, 2.75) is 58.5 Å². The number of carbonyl (C=O) groups is 1. The molecule has 4 heterocycles. The van der Waals surface area contributed by atoms with Crippen LogP contribution in [0.1, 0.15) is 68.9 Å². The normalized spacial score (nSPS) is 20.5. The van der Waals surface area contributed by atoms with Crippen molar-refractivity contribution >= 4 is 23.0 Å². The number of ether oxygens (including phenoxy) is 1. The molecular weight excluding hydrogens is 484 g/mol. The van der Waals surface area contributed by atoms with E-state index < -0.39 is 5.91 Å². The summed E-state index contributed by atoms with van der Waals surface area (Å²) < 4.78 is 7.39. The molecule has 10 heteroatoms. The maximum absolute atomic E-state index is 12.8. The van der Waals surface area contributed by atoms with E-state index in [1.54, 1.807) is 17.8 Å². The highest BCUT2D eigenvalue weighted by Gasteiger charge is 2.33. The lowest BCUT2D eigenvalue weighted by Gasteiger charge is -2.23. The number of aromatic nitrogens is 4.